The van der Waals surface area contributed by atoms with Gasteiger partial charge in [0.05, 0.1) is 12.0 Å². The van der Waals surface area contributed by atoms with Crippen LogP contribution in [0.4, 0.5) is 18.9 Å². The lowest BCUT2D eigenvalue weighted by Crippen LogP contribution is -2.17. The van der Waals surface area contributed by atoms with Crippen LogP contribution in [0.1, 0.15) is 10.4 Å². The Bertz CT molecular complexity index is 856. The van der Waals surface area contributed by atoms with Gasteiger partial charge in [0.1, 0.15) is 17.1 Å². The molecule has 0 saturated carbocycles. The van der Waals surface area contributed by atoms with E-state index < -0.39 is 34.4 Å². The van der Waals surface area contributed by atoms with Gasteiger partial charge in [-0.3, -0.25) is 10.1 Å². The first kappa shape index (κ1) is 19.5. The summed E-state index contributed by atoms with van der Waals surface area (Å²) in [6.45, 7) is 0. The van der Waals surface area contributed by atoms with E-state index in [0.29, 0.717) is 10.5 Å². The smallest absolute Gasteiger partial charge is 0.465 e. The first-order chi connectivity index (χ1) is 12.1. The van der Waals surface area contributed by atoms with Crippen LogP contribution >= 0.6 is 15.9 Å². The van der Waals surface area contributed by atoms with E-state index in [1.165, 1.54) is 18.2 Å². The highest BCUT2D eigenvalue weighted by Gasteiger charge is 2.32. The average molecular weight is 436 g/mol. The van der Waals surface area contributed by atoms with Gasteiger partial charge < -0.3 is 14.2 Å². The van der Waals surface area contributed by atoms with Gasteiger partial charge in [-0.2, -0.15) is 0 Å². The molecule has 0 aliphatic heterocycles. The molecule has 0 saturated heterocycles. The summed E-state index contributed by atoms with van der Waals surface area (Å²) >= 11 is 3.14. The number of carbonyl (C=O) groups is 1. The third kappa shape index (κ3) is 4.85. The topological polar surface area (TPSA) is 87.9 Å². The summed E-state index contributed by atoms with van der Waals surface area (Å²) in [4.78, 5) is 22.1. The van der Waals surface area contributed by atoms with Gasteiger partial charge in [0.25, 0.3) is 0 Å². The molecule has 0 unspecified atom stereocenters. The summed E-state index contributed by atoms with van der Waals surface area (Å²) in [6, 6.07) is 6.41. The Morgan fingerprint density at radius 2 is 1.85 bits per heavy atom. The highest BCUT2D eigenvalue weighted by molar-refractivity contribution is 9.10. The van der Waals surface area contributed by atoms with Crippen LogP contribution in [0.25, 0.3) is 0 Å². The maximum Gasteiger partial charge on any atom is 0.573 e. The molecule has 0 aliphatic carbocycles. The van der Waals surface area contributed by atoms with Crippen molar-refractivity contribution < 1.29 is 37.1 Å². The van der Waals surface area contributed by atoms with Crippen molar-refractivity contribution in [2.24, 2.45) is 0 Å². The van der Waals surface area contributed by atoms with Gasteiger partial charge in [-0.25, -0.2) is 4.79 Å². The molecule has 0 bridgehead atoms. The predicted molar refractivity (Wildman–Crippen MR) is 85.3 cm³/mol. The van der Waals surface area contributed by atoms with Gasteiger partial charge in [-0.1, -0.05) is 15.9 Å². The second kappa shape index (κ2) is 7.60. The lowest BCUT2D eigenvalue weighted by atomic mass is 10.2. The molecule has 2 aromatic carbocycles. The molecule has 138 valence electrons. The SMILES string of the molecule is COC(=O)c1ccc(Br)cc1Oc1cc(OC(F)(F)F)ccc1[N+](=O)[O-]. The molecule has 0 heterocycles. The minimum Gasteiger partial charge on any atom is -0.465 e. The zero-order valence-electron chi connectivity index (χ0n) is 12.9. The number of rotatable bonds is 5. The van der Waals surface area contributed by atoms with Crippen LogP contribution in [0.2, 0.25) is 0 Å². The predicted octanol–water partition coefficient (Wildman–Crippen LogP) is 4.83. The lowest BCUT2D eigenvalue weighted by Gasteiger charge is -2.13. The molecule has 0 amide bonds. The molecular formula is C15H9BrF3NO6. The molecule has 0 spiro atoms. The Kier molecular flexibility index (Phi) is 5.70. The number of esters is 1. The molecule has 0 atom stereocenters. The fourth-order valence-electron chi connectivity index (χ4n) is 1.90. The number of benzene rings is 2. The third-order valence-corrected chi connectivity index (χ3v) is 3.42. The van der Waals surface area contributed by atoms with Crippen molar-refractivity contribution in [3.63, 3.8) is 0 Å². The van der Waals surface area contributed by atoms with E-state index in [4.69, 9.17) is 4.74 Å². The van der Waals surface area contributed by atoms with Crippen molar-refractivity contribution in [1.29, 1.82) is 0 Å². The van der Waals surface area contributed by atoms with E-state index >= 15 is 0 Å². The maximum absolute atomic E-state index is 12.4. The minimum absolute atomic E-state index is 0.0767. The number of ether oxygens (including phenoxy) is 3. The highest BCUT2D eigenvalue weighted by atomic mass is 79.9. The molecule has 7 nitrogen and oxygen atoms in total. The fourth-order valence-corrected chi connectivity index (χ4v) is 2.24. The molecular weight excluding hydrogens is 427 g/mol. The summed E-state index contributed by atoms with van der Waals surface area (Å²) in [5.74, 6) is -2.20. The van der Waals surface area contributed by atoms with Gasteiger partial charge in [-0.05, 0) is 24.3 Å². The summed E-state index contributed by atoms with van der Waals surface area (Å²) in [5, 5.41) is 11.1. The van der Waals surface area contributed by atoms with Crippen LogP contribution in [0.5, 0.6) is 17.2 Å². The number of carbonyl (C=O) groups excluding carboxylic acids is 1. The van der Waals surface area contributed by atoms with Crippen molar-refractivity contribution in [1.82, 2.24) is 0 Å². The van der Waals surface area contributed by atoms with Crippen molar-refractivity contribution in [2.45, 2.75) is 6.36 Å². The van der Waals surface area contributed by atoms with Gasteiger partial charge in [0.15, 0.2) is 0 Å². The van der Waals surface area contributed by atoms with E-state index in [9.17, 15) is 28.1 Å². The molecule has 0 radical (unpaired) electrons. The Labute approximate surface area is 152 Å². The monoisotopic (exact) mass is 435 g/mol. The summed E-state index contributed by atoms with van der Waals surface area (Å²) in [5.41, 5.74) is -0.692. The third-order valence-electron chi connectivity index (χ3n) is 2.93. The van der Waals surface area contributed by atoms with Gasteiger partial charge in [0, 0.05) is 16.6 Å². The molecule has 0 fully saturated rings. The number of methoxy groups -OCH3 is 1. The Hall–Kier alpha value is -2.82. The summed E-state index contributed by atoms with van der Waals surface area (Å²) in [7, 11) is 1.12. The van der Waals surface area contributed by atoms with E-state index in [1.807, 2.05) is 0 Å². The first-order valence-electron chi connectivity index (χ1n) is 6.70. The molecule has 0 aromatic heterocycles. The first-order valence-corrected chi connectivity index (χ1v) is 7.50. The van der Waals surface area contributed by atoms with Crippen molar-refractivity contribution in [3.8, 4) is 17.2 Å². The largest absolute Gasteiger partial charge is 0.573 e. The van der Waals surface area contributed by atoms with Crippen LogP contribution in [-0.4, -0.2) is 24.4 Å². The van der Waals surface area contributed by atoms with Crippen molar-refractivity contribution in [2.75, 3.05) is 7.11 Å². The standard InChI is InChI=1S/C15H9BrF3NO6/c1-24-14(21)10-4-2-8(16)6-12(10)25-13-7-9(26-15(17,18)19)3-5-11(13)20(22)23/h2-7H,1H3. The second-order valence-corrected chi connectivity index (χ2v) is 5.58. The van der Waals surface area contributed by atoms with E-state index in [2.05, 4.69) is 25.4 Å². The molecule has 2 rings (SSSR count). The highest BCUT2D eigenvalue weighted by Crippen LogP contribution is 2.38. The normalized spacial score (nSPS) is 11.0. The zero-order valence-corrected chi connectivity index (χ0v) is 14.5. The van der Waals surface area contributed by atoms with Crippen LogP contribution in [0, 0.1) is 10.1 Å². The molecule has 0 aliphatic rings. The van der Waals surface area contributed by atoms with Crippen LogP contribution in [0.3, 0.4) is 0 Å². The Morgan fingerprint density at radius 3 is 2.42 bits per heavy atom. The second-order valence-electron chi connectivity index (χ2n) is 4.67. The van der Waals surface area contributed by atoms with Crippen molar-refractivity contribution in [3.05, 3.63) is 56.5 Å². The number of nitro groups is 1. The molecule has 2 aromatic rings. The van der Waals surface area contributed by atoms with E-state index in [1.54, 1.807) is 0 Å². The Balaban J connectivity index is 2.51. The number of nitrogens with zero attached hydrogens (tertiary/aromatic N) is 1. The number of hydrogen-bond donors (Lipinski definition) is 0. The summed E-state index contributed by atoms with van der Waals surface area (Å²) < 4.78 is 51.2. The summed E-state index contributed by atoms with van der Waals surface area (Å²) in [6.07, 6.45) is -4.99. The van der Waals surface area contributed by atoms with E-state index in [0.717, 1.165) is 19.2 Å². The maximum atomic E-state index is 12.4. The number of nitro benzene ring substituents is 1. The number of hydrogen-bond acceptors (Lipinski definition) is 6. The number of alkyl halides is 3. The molecule has 0 N–H and O–H groups in total. The zero-order chi connectivity index (χ0) is 19.5. The van der Waals surface area contributed by atoms with Crippen LogP contribution < -0.4 is 9.47 Å². The molecule has 26 heavy (non-hydrogen) atoms. The van der Waals surface area contributed by atoms with E-state index in [-0.39, 0.29) is 11.3 Å². The molecule has 11 heteroatoms. The lowest BCUT2D eigenvalue weighted by molar-refractivity contribution is -0.385. The number of halogens is 4. The van der Waals surface area contributed by atoms with Crippen LogP contribution in [-0.2, 0) is 4.74 Å². The quantitative estimate of drug-likeness (QED) is 0.379. The minimum atomic E-state index is -4.99. The van der Waals surface area contributed by atoms with Gasteiger partial charge in [0.2, 0.25) is 5.75 Å². The van der Waals surface area contributed by atoms with Crippen LogP contribution in [0.15, 0.2) is 40.9 Å². The average Bonchev–Trinajstić information content (AvgIpc) is 2.52. The van der Waals surface area contributed by atoms with Gasteiger partial charge in [-0.15, -0.1) is 13.2 Å². The van der Waals surface area contributed by atoms with Gasteiger partial charge >= 0.3 is 18.0 Å². The van der Waals surface area contributed by atoms with Crippen molar-refractivity contribution >= 4 is 27.6 Å². The fraction of sp³-hybridized carbons (Fsp3) is 0.133. The Morgan fingerprint density at radius 1 is 1.15 bits per heavy atom.